The number of ether oxygens (including phenoxy) is 2. The van der Waals surface area contributed by atoms with E-state index in [-0.39, 0.29) is 12.4 Å². The van der Waals surface area contributed by atoms with Gasteiger partial charge in [-0.15, -0.1) is 17.9 Å². The monoisotopic (exact) mass is 458 g/mol. The van der Waals surface area contributed by atoms with Crippen molar-refractivity contribution in [2.45, 2.75) is 32.4 Å². The number of hydrogen-bond acceptors (Lipinski definition) is 6. The van der Waals surface area contributed by atoms with Crippen LogP contribution in [0.3, 0.4) is 0 Å². The van der Waals surface area contributed by atoms with E-state index in [0.29, 0.717) is 35.6 Å². The summed E-state index contributed by atoms with van der Waals surface area (Å²) in [5, 5.41) is 13.6. The average molecular weight is 459 g/mol. The number of fused-ring (bicyclic) bond motifs is 5. The highest BCUT2D eigenvalue weighted by molar-refractivity contribution is 7.13. The van der Waals surface area contributed by atoms with Crippen molar-refractivity contribution in [3.63, 3.8) is 0 Å². The van der Waals surface area contributed by atoms with E-state index in [2.05, 4.69) is 12.6 Å². The molecule has 0 bridgehead atoms. The topological polar surface area (TPSA) is 73.6 Å². The third-order valence-electron chi connectivity index (χ3n) is 6.38. The summed E-state index contributed by atoms with van der Waals surface area (Å²) in [5.74, 6) is 1.37. The predicted molar refractivity (Wildman–Crippen MR) is 129 cm³/mol. The largest absolute Gasteiger partial charge is 0.454 e. The van der Waals surface area contributed by atoms with Crippen molar-refractivity contribution >= 4 is 22.2 Å². The zero-order valence-corrected chi connectivity index (χ0v) is 18.9. The van der Waals surface area contributed by atoms with Crippen LogP contribution < -0.4 is 15.0 Å². The summed E-state index contributed by atoms with van der Waals surface area (Å²) in [7, 11) is 0. The fraction of sp³-hybridized carbons (Fsp3) is 0.231. The van der Waals surface area contributed by atoms with Crippen LogP contribution in [0.1, 0.15) is 36.1 Å². The normalized spacial score (nSPS) is 14.4. The summed E-state index contributed by atoms with van der Waals surface area (Å²) < 4.78 is 13.0. The maximum absolute atomic E-state index is 13.6. The lowest BCUT2D eigenvalue weighted by atomic mass is 9.97. The smallest absolute Gasteiger partial charge is 0.254 e. The van der Waals surface area contributed by atoms with Crippen molar-refractivity contribution in [1.82, 2.24) is 9.55 Å². The minimum absolute atomic E-state index is 0.0707. The van der Waals surface area contributed by atoms with Gasteiger partial charge in [0.15, 0.2) is 11.5 Å². The third kappa shape index (κ3) is 2.96. The van der Waals surface area contributed by atoms with Gasteiger partial charge in [0.2, 0.25) is 6.79 Å². The molecule has 4 aromatic rings. The Bertz CT molecular complexity index is 1490. The Morgan fingerprint density at radius 3 is 2.85 bits per heavy atom. The third-order valence-corrected chi connectivity index (χ3v) is 7.27. The SMILES string of the molecule is C=CC(O)c1cc2n(c(=O)c1CCC)Cc1c-2nc2cc3c(cc2c1-c1cccs1)OCO3. The zero-order chi connectivity index (χ0) is 22.7. The molecule has 1 N–H and O–H groups in total. The number of hydrogen-bond donors (Lipinski definition) is 1. The summed E-state index contributed by atoms with van der Waals surface area (Å²) in [6.07, 6.45) is 1.98. The van der Waals surface area contributed by atoms with Crippen molar-refractivity contribution in [3.8, 4) is 33.3 Å². The number of benzene rings is 1. The molecule has 6 rings (SSSR count). The van der Waals surface area contributed by atoms with Gasteiger partial charge >= 0.3 is 0 Å². The van der Waals surface area contributed by atoms with Gasteiger partial charge in [0.05, 0.1) is 29.6 Å². The van der Waals surface area contributed by atoms with E-state index >= 15 is 0 Å². The Balaban J connectivity index is 1.68. The Hall–Kier alpha value is -3.42. The fourth-order valence-electron chi connectivity index (χ4n) is 4.87. The predicted octanol–water partition coefficient (Wildman–Crippen LogP) is 5.05. The molecule has 0 saturated carbocycles. The first-order valence-corrected chi connectivity index (χ1v) is 11.9. The van der Waals surface area contributed by atoms with E-state index in [1.54, 1.807) is 15.9 Å². The molecule has 33 heavy (non-hydrogen) atoms. The molecule has 1 aromatic carbocycles. The maximum Gasteiger partial charge on any atom is 0.254 e. The maximum atomic E-state index is 13.6. The number of thiophene rings is 1. The standard InChI is InChI=1S/C26H22N2O4S/c1-3-6-14-15(20(29)4-2)9-19-25-17(12-28(19)26(14)30)24(23-7-5-8-33-23)16-10-21-22(32-13-31-21)11-18(16)27-25/h4-5,7-11,20,29H,2-3,6,12-13H2,1H3. The number of pyridine rings is 2. The van der Waals surface area contributed by atoms with Gasteiger partial charge in [0, 0.05) is 33.0 Å². The van der Waals surface area contributed by atoms with Crippen molar-refractivity contribution in [3.05, 3.63) is 75.4 Å². The molecular weight excluding hydrogens is 436 g/mol. The molecule has 0 amide bonds. The fourth-order valence-corrected chi connectivity index (χ4v) is 5.68. The highest BCUT2D eigenvalue weighted by Gasteiger charge is 2.30. The summed E-state index contributed by atoms with van der Waals surface area (Å²) >= 11 is 1.66. The summed E-state index contributed by atoms with van der Waals surface area (Å²) in [6, 6.07) is 9.92. The molecule has 7 heteroatoms. The van der Waals surface area contributed by atoms with Gasteiger partial charge in [-0.1, -0.05) is 25.5 Å². The number of aliphatic hydroxyl groups is 1. The second kappa shape index (κ2) is 7.57. The Kier molecular flexibility index (Phi) is 4.64. The minimum atomic E-state index is -0.903. The van der Waals surface area contributed by atoms with Gasteiger partial charge in [-0.25, -0.2) is 4.98 Å². The summed E-state index contributed by atoms with van der Waals surface area (Å²) in [6.45, 7) is 6.39. The molecule has 2 aliphatic heterocycles. The van der Waals surface area contributed by atoms with Gasteiger partial charge < -0.3 is 19.1 Å². The highest BCUT2D eigenvalue weighted by atomic mass is 32.1. The van der Waals surface area contributed by atoms with Crippen LogP contribution >= 0.6 is 11.3 Å². The van der Waals surface area contributed by atoms with Crippen LogP contribution in [0.15, 0.2) is 53.2 Å². The van der Waals surface area contributed by atoms with Crippen LogP contribution in [0.4, 0.5) is 0 Å². The quantitative estimate of drug-likeness (QED) is 0.373. The molecule has 0 aliphatic carbocycles. The van der Waals surface area contributed by atoms with Crippen molar-refractivity contribution in [2.24, 2.45) is 0 Å². The Labute approximate surface area is 194 Å². The van der Waals surface area contributed by atoms with Gasteiger partial charge in [0.25, 0.3) is 5.56 Å². The van der Waals surface area contributed by atoms with E-state index < -0.39 is 6.10 Å². The lowest BCUT2D eigenvalue weighted by Crippen LogP contribution is -2.25. The Morgan fingerprint density at radius 2 is 2.12 bits per heavy atom. The number of aromatic nitrogens is 2. The van der Waals surface area contributed by atoms with Crippen LogP contribution in [0, 0.1) is 0 Å². The van der Waals surface area contributed by atoms with Crippen LogP contribution in [0.2, 0.25) is 0 Å². The van der Waals surface area contributed by atoms with E-state index in [0.717, 1.165) is 44.7 Å². The van der Waals surface area contributed by atoms with Crippen LogP contribution in [-0.2, 0) is 13.0 Å². The van der Waals surface area contributed by atoms with Crippen LogP contribution in [0.25, 0.3) is 32.7 Å². The highest BCUT2D eigenvalue weighted by Crippen LogP contribution is 2.46. The van der Waals surface area contributed by atoms with E-state index in [1.165, 1.54) is 6.08 Å². The van der Waals surface area contributed by atoms with Crippen LogP contribution in [0.5, 0.6) is 11.5 Å². The minimum Gasteiger partial charge on any atom is -0.454 e. The molecule has 1 atom stereocenters. The van der Waals surface area contributed by atoms with E-state index in [4.69, 9.17) is 14.5 Å². The molecule has 2 aliphatic rings. The second-order valence-electron chi connectivity index (χ2n) is 8.30. The summed E-state index contributed by atoms with van der Waals surface area (Å²) in [4.78, 5) is 19.7. The molecule has 0 radical (unpaired) electrons. The summed E-state index contributed by atoms with van der Waals surface area (Å²) in [5.41, 5.74) is 5.53. The Morgan fingerprint density at radius 1 is 1.30 bits per heavy atom. The van der Waals surface area contributed by atoms with E-state index in [9.17, 15) is 9.90 Å². The molecule has 3 aromatic heterocycles. The first-order chi connectivity index (χ1) is 16.1. The lowest BCUT2D eigenvalue weighted by molar-refractivity contribution is 0.174. The van der Waals surface area contributed by atoms with Gasteiger partial charge in [-0.05, 0) is 35.6 Å². The van der Waals surface area contributed by atoms with E-state index in [1.807, 2.05) is 36.6 Å². The van der Waals surface area contributed by atoms with Gasteiger partial charge in [-0.2, -0.15) is 0 Å². The second-order valence-corrected chi connectivity index (χ2v) is 9.25. The van der Waals surface area contributed by atoms with Gasteiger partial charge in [0.1, 0.15) is 0 Å². The molecule has 0 spiro atoms. The number of nitrogens with zero attached hydrogens (tertiary/aromatic N) is 2. The zero-order valence-electron chi connectivity index (χ0n) is 18.1. The number of aliphatic hydroxyl groups excluding tert-OH is 1. The molecular formula is C26H22N2O4S. The molecule has 1 unspecified atom stereocenters. The van der Waals surface area contributed by atoms with Crippen molar-refractivity contribution < 1.29 is 14.6 Å². The number of rotatable bonds is 5. The first-order valence-electron chi connectivity index (χ1n) is 11.0. The molecule has 5 heterocycles. The molecule has 6 nitrogen and oxygen atoms in total. The molecule has 0 fully saturated rings. The lowest BCUT2D eigenvalue weighted by Gasteiger charge is -2.15. The van der Waals surface area contributed by atoms with Crippen LogP contribution in [-0.4, -0.2) is 21.5 Å². The molecule has 0 saturated heterocycles. The first kappa shape index (κ1) is 20.2. The van der Waals surface area contributed by atoms with Gasteiger partial charge in [-0.3, -0.25) is 4.79 Å². The molecule has 166 valence electrons. The average Bonchev–Trinajstić information content (AvgIpc) is 3.57. The van der Waals surface area contributed by atoms with Crippen molar-refractivity contribution in [2.75, 3.05) is 6.79 Å². The van der Waals surface area contributed by atoms with Crippen molar-refractivity contribution in [1.29, 1.82) is 0 Å².